The lowest BCUT2D eigenvalue weighted by Crippen LogP contribution is -2.70. The number of aliphatic hydroxyl groups is 1. The molecule has 3 rings (SSSR count). The van der Waals surface area contributed by atoms with Gasteiger partial charge in [0.05, 0.1) is 5.41 Å². The lowest BCUT2D eigenvalue weighted by Gasteiger charge is -2.61. The molecule has 4 atom stereocenters. The first-order valence-corrected chi connectivity index (χ1v) is 15.3. The van der Waals surface area contributed by atoms with Gasteiger partial charge in [0.25, 0.3) is 0 Å². The number of rotatable bonds is 10. The summed E-state index contributed by atoms with van der Waals surface area (Å²) in [4.78, 5) is 44.9. The number of fused-ring (bicyclic) bond motifs is 2. The Bertz CT molecular complexity index is 1370. The van der Waals surface area contributed by atoms with Gasteiger partial charge in [-0.1, -0.05) is 83.9 Å². The normalized spacial score (nSPS) is 28.1. The van der Waals surface area contributed by atoms with Crippen LogP contribution in [0.2, 0.25) is 0 Å². The molecule has 0 amide bonds. The highest BCUT2D eigenvalue weighted by Crippen LogP contribution is 2.67. The van der Waals surface area contributed by atoms with E-state index in [4.69, 9.17) is 0 Å². The lowest BCUT2D eigenvalue weighted by molar-refractivity contribution is -0.178. The molecule has 2 aliphatic rings. The standard InChI is InChI=1S/C38H50O4/c1-25(2)14-13-21-36(9)30(18-17-26(3)4)24-37(22-19-27(5)6)33(40)31(32(39)29-15-11-10-12-16-29)34(41)38(36,35(37)42)23-20-28(7)8/h10-12,14-17,19-20,30,39H,13,18,21-24H2,1-9H3/t30-,36+,37+,38-/m1/s1. The molecule has 0 aromatic heterocycles. The van der Waals surface area contributed by atoms with Crippen LogP contribution in [0, 0.1) is 22.2 Å². The Morgan fingerprint density at radius 2 is 1.33 bits per heavy atom. The van der Waals surface area contributed by atoms with Crippen molar-refractivity contribution >= 4 is 23.1 Å². The Hall–Kier alpha value is -3.27. The van der Waals surface area contributed by atoms with Gasteiger partial charge >= 0.3 is 0 Å². The molecule has 2 saturated carbocycles. The number of ketones is 3. The van der Waals surface area contributed by atoms with Gasteiger partial charge in [-0.2, -0.15) is 0 Å². The average molecular weight is 571 g/mol. The molecule has 4 heteroatoms. The third kappa shape index (κ3) is 5.96. The van der Waals surface area contributed by atoms with E-state index in [2.05, 4.69) is 46.8 Å². The Morgan fingerprint density at radius 3 is 1.88 bits per heavy atom. The van der Waals surface area contributed by atoms with Crippen LogP contribution >= 0.6 is 0 Å². The first kappa shape index (κ1) is 33.2. The van der Waals surface area contributed by atoms with Crippen molar-refractivity contribution in [2.24, 2.45) is 22.2 Å². The first-order chi connectivity index (χ1) is 19.6. The van der Waals surface area contributed by atoms with Gasteiger partial charge in [0.1, 0.15) is 16.7 Å². The van der Waals surface area contributed by atoms with Crippen molar-refractivity contribution in [3.8, 4) is 0 Å². The highest BCUT2D eigenvalue weighted by molar-refractivity contribution is 6.41. The monoisotopic (exact) mass is 570 g/mol. The van der Waals surface area contributed by atoms with Crippen molar-refractivity contribution in [3.05, 3.63) is 88.1 Å². The molecular weight excluding hydrogens is 520 g/mol. The Kier molecular flexibility index (Phi) is 10.2. The molecule has 2 bridgehead atoms. The number of hydrogen-bond acceptors (Lipinski definition) is 4. The predicted octanol–water partition coefficient (Wildman–Crippen LogP) is 9.49. The molecule has 1 aromatic carbocycles. The third-order valence-corrected chi connectivity index (χ3v) is 9.56. The summed E-state index contributed by atoms with van der Waals surface area (Å²) in [5.41, 5.74) is 0.908. The van der Waals surface area contributed by atoms with Crippen molar-refractivity contribution in [3.63, 3.8) is 0 Å². The summed E-state index contributed by atoms with van der Waals surface area (Å²) < 4.78 is 0. The van der Waals surface area contributed by atoms with E-state index in [1.807, 2.05) is 45.9 Å². The van der Waals surface area contributed by atoms with Crippen LogP contribution in [0.15, 0.2) is 82.5 Å². The highest BCUT2D eigenvalue weighted by atomic mass is 16.3. The maximum absolute atomic E-state index is 15.2. The number of carbonyl (C=O) groups excluding carboxylic acids is 3. The number of allylic oxidation sites excluding steroid dienone is 9. The lowest BCUT2D eigenvalue weighted by atomic mass is 9.37. The van der Waals surface area contributed by atoms with E-state index in [1.54, 1.807) is 24.3 Å². The summed E-state index contributed by atoms with van der Waals surface area (Å²) in [6, 6.07) is 8.77. The second-order valence-electron chi connectivity index (χ2n) is 13.7. The van der Waals surface area contributed by atoms with Crippen LogP contribution in [-0.2, 0) is 14.4 Å². The topological polar surface area (TPSA) is 71.4 Å². The van der Waals surface area contributed by atoms with Gasteiger partial charge in [0.2, 0.25) is 0 Å². The Morgan fingerprint density at radius 1 is 0.786 bits per heavy atom. The number of Topliss-reactive ketones (excluding diaryl/α,β-unsaturated/α-hetero) is 3. The zero-order valence-electron chi connectivity index (χ0n) is 27.2. The van der Waals surface area contributed by atoms with Crippen molar-refractivity contribution < 1.29 is 19.5 Å². The summed E-state index contributed by atoms with van der Waals surface area (Å²) in [7, 11) is 0. The fourth-order valence-electron chi connectivity index (χ4n) is 7.05. The quantitative estimate of drug-likeness (QED) is 0.1000. The van der Waals surface area contributed by atoms with Gasteiger partial charge in [-0.25, -0.2) is 0 Å². The van der Waals surface area contributed by atoms with E-state index in [9.17, 15) is 9.90 Å². The van der Waals surface area contributed by atoms with Crippen molar-refractivity contribution in [2.45, 2.75) is 101 Å². The molecule has 42 heavy (non-hydrogen) atoms. The summed E-state index contributed by atoms with van der Waals surface area (Å²) in [5, 5.41) is 11.6. The zero-order chi connectivity index (χ0) is 31.5. The largest absolute Gasteiger partial charge is 0.506 e. The summed E-state index contributed by atoms with van der Waals surface area (Å²) in [6.07, 6.45) is 11.1. The van der Waals surface area contributed by atoms with Gasteiger partial charge < -0.3 is 5.11 Å². The average Bonchev–Trinajstić information content (AvgIpc) is 2.91. The van der Waals surface area contributed by atoms with Gasteiger partial charge in [-0.15, -0.1) is 0 Å². The molecule has 1 aromatic rings. The van der Waals surface area contributed by atoms with E-state index in [0.717, 1.165) is 17.6 Å². The summed E-state index contributed by atoms with van der Waals surface area (Å²) in [5.74, 6) is -1.72. The van der Waals surface area contributed by atoms with Crippen LogP contribution < -0.4 is 0 Å². The number of hydrogen-bond donors (Lipinski definition) is 1. The minimum Gasteiger partial charge on any atom is -0.506 e. The molecule has 2 fully saturated rings. The third-order valence-electron chi connectivity index (χ3n) is 9.56. The molecule has 0 saturated heterocycles. The SMILES string of the molecule is CC(C)=CCC[C@@]1(C)[C@H](CC=C(C)C)C[C@@]2(CC=C(C)C)C(=O)C(=C(O)c3ccccc3)C(=O)[C@]1(CC=C(C)C)C2=O. The minimum absolute atomic E-state index is 0.0832. The van der Waals surface area contributed by atoms with Crippen LogP contribution in [-0.4, -0.2) is 22.5 Å². The van der Waals surface area contributed by atoms with Crippen LogP contribution in [0.5, 0.6) is 0 Å². The first-order valence-electron chi connectivity index (χ1n) is 15.3. The molecule has 226 valence electrons. The van der Waals surface area contributed by atoms with E-state index >= 15 is 9.59 Å². The fourth-order valence-corrected chi connectivity index (χ4v) is 7.05. The summed E-state index contributed by atoms with van der Waals surface area (Å²) >= 11 is 0. The maximum atomic E-state index is 15.2. The number of carbonyl (C=O) groups is 3. The molecule has 0 aliphatic heterocycles. The van der Waals surface area contributed by atoms with E-state index in [-0.39, 0.29) is 35.9 Å². The zero-order valence-corrected chi connectivity index (χ0v) is 27.2. The fraction of sp³-hybridized carbons (Fsp3) is 0.500. The molecule has 0 radical (unpaired) electrons. The van der Waals surface area contributed by atoms with Crippen LogP contribution in [0.4, 0.5) is 0 Å². The number of benzene rings is 1. The molecular formula is C38H50O4. The Balaban J connectivity index is 2.49. The van der Waals surface area contributed by atoms with Crippen LogP contribution in [0.3, 0.4) is 0 Å². The minimum atomic E-state index is -1.49. The highest BCUT2D eigenvalue weighted by Gasteiger charge is 2.74. The van der Waals surface area contributed by atoms with E-state index in [1.165, 1.54) is 11.1 Å². The smallest absolute Gasteiger partial charge is 0.184 e. The molecule has 0 unspecified atom stereocenters. The van der Waals surface area contributed by atoms with Gasteiger partial charge in [0.15, 0.2) is 17.3 Å². The van der Waals surface area contributed by atoms with Crippen molar-refractivity contribution in [1.29, 1.82) is 0 Å². The van der Waals surface area contributed by atoms with Crippen LogP contribution in [0.1, 0.15) is 106 Å². The van der Waals surface area contributed by atoms with E-state index in [0.29, 0.717) is 24.8 Å². The predicted molar refractivity (Wildman–Crippen MR) is 173 cm³/mol. The van der Waals surface area contributed by atoms with Crippen molar-refractivity contribution in [2.75, 3.05) is 0 Å². The van der Waals surface area contributed by atoms with Gasteiger partial charge in [-0.05, 0) is 105 Å². The summed E-state index contributed by atoms with van der Waals surface area (Å²) in [6.45, 7) is 18.2. The second-order valence-corrected chi connectivity index (χ2v) is 13.7. The van der Waals surface area contributed by atoms with Crippen molar-refractivity contribution in [1.82, 2.24) is 0 Å². The molecule has 2 aliphatic carbocycles. The maximum Gasteiger partial charge on any atom is 0.184 e. The van der Waals surface area contributed by atoms with Crippen LogP contribution in [0.25, 0.3) is 5.76 Å². The molecule has 4 nitrogen and oxygen atoms in total. The van der Waals surface area contributed by atoms with E-state index < -0.39 is 27.8 Å². The second kappa shape index (κ2) is 12.9. The molecule has 0 heterocycles. The molecule has 0 spiro atoms. The van der Waals surface area contributed by atoms with Gasteiger partial charge in [0, 0.05) is 5.56 Å². The molecule has 1 N–H and O–H groups in total. The van der Waals surface area contributed by atoms with Gasteiger partial charge in [-0.3, -0.25) is 14.4 Å². The Labute approximate surface area is 253 Å². The number of aliphatic hydroxyl groups excluding tert-OH is 1.